The normalized spacial score (nSPS) is 11.2. The first-order valence-electron chi connectivity index (χ1n) is 6.90. The molecule has 0 bridgehead atoms. The fourth-order valence-corrected chi connectivity index (χ4v) is 3.19. The van der Waals surface area contributed by atoms with Crippen LogP contribution in [-0.2, 0) is 4.79 Å². The van der Waals surface area contributed by atoms with E-state index in [4.69, 9.17) is 0 Å². The van der Waals surface area contributed by atoms with Crippen LogP contribution < -0.4 is 4.90 Å². The third-order valence-electron chi connectivity index (χ3n) is 2.96. The van der Waals surface area contributed by atoms with Crippen molar-refractivity contribution in [1.29, 1.82) is 0 Å². The van der Waals surface area contributed by atoms with Crippen molar-refractivity contribution >= 4 is 25.4 Å². The second kappa shape index (κ2) is 6.05. The molecule has 0 saturated carbocycles. The van der Waals surface area contributed by atoms with E-state index in [1.165, 1.54) is 0 Å². The van der Waals surface area contributed by atoms with Crippen LogP contribution in [0.4, 0.5) is 11.4 Å². The second-order valence-electron chi connectivity index (χ2n) is 6.14. The van der Waals surface area contributed by atoms with Gasteiger partial charge in [0.25, 0.3) is 0 Å². The van der Waals surface area contributed by atoms with Gasteiger partial charge in [0, 0.05) is 17.4 Å². The Bertz CT molecular complexity index is 521. The molecule has 2 aromatic carbocycles. The van der Waals surface area contributed by atoms with Crippen LogP contribution in [0.5, 0.6) is 0 Å². The average molecular weight is 283 g/mol. The Morgan fingerprint density at radius 1 is 0.850 bits per heavy atom. The molecular formula is C17H21NOSi. The number of hydrogen-bond donors (Lipinski definition) is 0. The standard InChI is InChI=1S/C17H21NOSi/c1-20(2,3)14-17(19)18(15-10-6-4-7-11-15)16-12-8-5-9-13-16/h4-13H,14H2,1-3H3. The Hall–Kier alpha value is -1.87. The van der Waals surface area contributed by atoms with Crippen LogP contribution >= 0.6 is 0 Å². The minimum atomic E-state index is -1.44. The van der Waals surface area contributed by atoms with E-state index in [1.807, 2.05) is 65.6 Å². The van der Waals surface area contributed by atoms with E-state index in [9.17, 15) is 4.79 Å². The molecule has 2 nitrogen and oxygen atoms in total. The van der Waals surface area contributed by atoms with Crippen LogP contribution in [0.1, 0.15) is 0 Å². The largest absolute Gasteiger partial charge is 0.281 e. The zero-order valence-corrected chi connectivity index (χ0v) is 13.3. The van der Waals surface area contributed by atoms with Gasteiger partial charge in [0.05, 0.1) is 8.07 Å². The SMILES string of the molecule is C[Si](C)(C)CC(=O)N(c1ccccc1)c1ccccc1. The van der Waals surface area contributed by atoms with Gasteiger partial charge in [-0.15, -0.1) is 0 Å². The summed E-state index contributed by atoms with van der Waals surface area (Å²) < 4.78 is 0. The molecule has 0 N–H and O–H groups in total. The first kappa shape index (κ1) is 14.5. The van der Waals surface area contributed by atoms with Crippen LogP contribution in [0.15, 0.2) is 60.7 Å². The number of carbonyl (C=O) groups is 1. The smallest absolute Gasteiger partial charge is 0.228 e. The highest BCUT2D eigenvalue weighted by Gasteiger charge is 2.24. The molecule has 3 heteroatoms. The topological polar surface area (TPSA) is 20.3 Å². The molecule has 2 aromatic rings. The van der Waals surface area contributed by atoms with E-state index in [0.29, 0.717) is 6.04 Å². The maximum Gasteiger partial charge on any atom is 0.228 e. The van der Waals surface area contributed by atoms with Gasteiger partial charge in [-0.3, -0.25) is 9.69 Å². The maximum atomic E-state index is 12.7. The van der Waals surface area contributed by atoms with Gasteiger partial charge >= 0.3 is 0 Å². The van der Waals surface area contributed by atoms with Crippen molar-refractivity contribution in [2.45, 2.75) is 25.7 Å². The number of rotatable bonds is 4. The Morgan fingerprint density at radius 3 is 1.60 bits per heavy atom. The quantitative estimate of drug-likeness (QED) is 0.745. The van der Waals surface area contributed by atoms with Crippen molar-refractivity contribution in [3.8, 4) is 0 Å². The summed E-state index contributed by atoms with van der Waals surface area (Å²) in [5.41, 5.74) is 1.86. The summed E-state index contributed by atoms with van der Waals surface area (Å²) in [7, 11) is -1.44. The Labute approximate surface area is 122 Å². The van der Waals surface area contributed by atoms with E-state index in [1.54, 1.807) is 0 Å². The van der Waals surface area contributed by atoms with Crippen molar-refractivity contribution in [1.82, 2.24) is 0 Å². The molecule has 0 fully saturated rings. The van der Waals surface area contributed by atoms with Crippen molar-refractivity contribution in [2.75, 3.05) is 4.90 Å². The summed E-state index contributed by atoms with van der Waals surface area (Å²) in [5.74, 6) is 0.182. The Balaban J connectivity index is 2.38. The Morgan fingerprint density at radius 2 is 1.25 bits per heavy atom. The minimum Gasteiger partial charge on any atom is -0.281 e. The Kier molecular flexibility index (Phi) is 4.40. The van der Waals surface area contributed by atoms with E-state index in [-0.39, 0.29) is 5.91 Å². The fourth-order valence-electron chi connectivity index (χ4n) is 2.12. The van der Waals surface area contributed by atoms with Crippen LogP contribution in [0.25, 0.3) is 0 Å². The lowest BCUT2D eigenvalue weighted by molar-refractivity contribution is -0.115. The molecule has 0 spiro atoms. The summed E-state index contributed by atoms with van der Waals surface area (Å²) in [6.07, 6.45) is 0. The van der Waals surface area contributed by atoms with Gasteiger partial charge in [0.15, 0.2) is 0 Å². The van der Waals surface area contributed by atoms with Crippen molar-refractivity contribution in [3.05, 3.63) is 60.7 Å². The fraction of sp³-hybridized carbons (Fsp3) is 0.235. The zero-order valence-electron chi connectivity index (χ0n) is 12.3. The molecule has 0 atom stereocenters. The highest BCUT2D eigenvalue weighted by atomic mass is 28.3. The number of benzene rings is 2. The van der Waals surface area contributed by atoms with Crippen molar-refractivity contribution < 1.29 is 4.79 Å². The molecule has 2 rings (SSSR count). The molecule has 0 aliphatic heterocycles. The summed E-state index contributed by atoms with van der Waals surface area (Å²) in [6.45, 7) is 6.66. The molecule has 20 heavy (non-hydrogen) atoms. The van der Waals surface area contributed by atoms with Gasteiger partial charge in [0.1, 0.15) is 0 Å². The molecular weight excluding hydrogens is 262 g/mol. The minimum absolute atomic E-state index is 0.182. The van der Waals surface area contributed by atoms with Gasteiger partial charge in [-0.05, 0) is 24.3 Å². The molecule has 0 aliphatic carbocycles. The number of hydrogen-bond acceptors (Lipinski definition) is 1. The molecule has 1 amide bonds. The third kappa shape index (κ3) is 3.81. The summed E-state index contributed by atoms with van der Waals surface area (Å²) in [4.78, 5) is 14.6. The molecule has 0 saturated heterocycles. The molecule has 0 unspecified atom stereocenters. The predicted octanol–water partition coefficient (Wildman–Crippen LogP) is 4.69. The number of nitrogens with zero attached hydrogens (tertiary/aromatic N) is 1. The van der Waals surface area contributed by atoms with Crippen molar-refractivity contribution in [2.24, 2.45) is 0 Å². The molecule has 0 aromatic heterocycles. The summed E-state index contributed by atoms with van der Waals surface area (Å²) in [6, 6.07) is 20.4. The van der Waals surface area contributed by atoms with Gasteiger partial charge in [-0.1, -0.05) is 56.0 Å². The second-order valence-corrected chi connectivity index (χ2v) is 11.6. The van der Waals surface area contributed by atoms with Gasteiger partial charge in [-0.25, -0.2) is 0 Å². The number of para-hydroxylation sites is 2. The summed E-state index contributed by atoms with van der Waals surface area (Å²) >= 11 is 0. The highest BCUT2D eigenvalue weighted by molar-refractivity contribution is 6.79. The van der Waals surface area contributed by atoms with Crippen molar-refractivity contribution in [3.63, 3.8) is 0 Å². The number of carbonyl (C=O) groups excluding carboxylic acids is 1. The molecule has 0 heterocycles. The lowest BCUT2D eigenvalue weighted by Gasteiger charge is -2.26. The monoisotopic (exact) mass is 283 g/mol. The van der Waals surface area contributed by atoms with Crippen LogP contribution in [0, 0.1) is 0 Å². The van der Waals surface area contributed by atoms with Crippen LogP contribution in [0.2, 0.25) is 25.7 Å². The molecule has 0 aliphatic rings. The number of anilines is 2. The van der Waals surface area contributed by atoms with Gasteiger partial charge in [-0.2, -0.15) is 0 Å². The van der Waals surface area contributed by atoms with Gasteiger partial charge in [0.2, 0.25) is 5.91 Å². The number of amides is 1. The maximum absolute atomic E-state index is 12.7. The van der Waals surface area contributed by atoms with E-state index in [2.05, 4.69) is 19.6 Å². The predicted molar refractivity (Wildman–Crippen MR) is 88.2 cm³/mol. The van der Waals surface area contributed by atoms with Crippen LogP contribution in [-0.4, -0.2) is 14.0 Å². The highest BCUT2D eigenvalue weighted by Crippen LogP contribution is 2.27. The van der Waals surface area contributed by atoms with Crippen LogP contribution in [0.3, 0.4) is 0 Å². The average Bonchev–Trinajstić information content (AvgIpc) is 2.39. The van der Waals surface area contributed by atoms with E-state index >= 15 is 0 Å². The zero-order chi connectivity index (χ0) is 14.6. The first-order chi connectivity index (χ1) is 9.47. The lowest BCUT2D eigenvalue weighted by atomic mass is 10.2. The molecule has 0 radical (unpaired) electrons. The van der Waals surface area contributed by atoms with E-state index in [0.717, 1.165) is 11.4 Å². The third-order valence-corrected chi connectivity index (χ3v) is 4.32. The lowest BCUT2D eigenvalue weighted by Crippen LogP contribution is -2.33. The van der Waals surface area contributed by atoms with Gasteiger partial charge < -0.3 is 0 Å². The summed E-state index contributed by atoms with van der Waals surface area (Å²) in [5, 5.41) is 0. The first-order valence-corrected chi connectivity index (χ1v) is 10.6. The van der Waals surface area contributed by atoms with E-state index < -0.39 is 8.07 Å². The molecule has 104 valence electrons.